The molecule has 4 heteroatoms. The molecule has 0 unspecified atom stereocenters. The molecular weight excluding hydrogens is 252 g/mol. The Kier molecular flexibility index (Phi) is 5.07. The summed E-state index contributed by atoms with van der Waals surface area (Å²) in [5.41, 5.74) is 0.558. The summed E-state index contributed by atoms with van der Waals surface area (Å²) < 4.78 is 0. The summed E-state index contributed by atoms with van der Waals surface area (Å²) in [4.78, 5) is 21.7. The van der Waals surface area contributed by atoms with E-state index >= 15 is 0 Å². The lowest BCUT2D eigenvalue weighted by atomic mass is 10.1. The van der Waals surface area contributed by atoms with Crippen LogP contribution < -0.4 is 0 Å². The number of carbonyl (C=O) groups is 1. The summed E-state index contributed by atoms with van der Waals surface area (Å²) in [7, 11) is 0. The van der Waals surface area contributed by atoms with E-state index in [4.69, 9.17) is 4.84 Å². The van der Waals surface area contributed by atoms with Gasteiger partial charge in [-0.1, -0.05) is 19.9 Å². The average Bonchev–Trinajstić information content (AvgIpc) is 2.47. The van der Waals surface area contributed by atoms with Crippen molar-refractivity contribution in [3.8, 4) is 0 Å². The highest BCUT2D eigenvalue weighted by Gasteiger charge is 2.13. The summed E-state index contributed by atoms with van der Waals surface area (Å²) in [6, 6.07) is 7.45. The van der Waals surface area contributed by atoms with E-state index in [0.717, 1.165) is 36.7 Å². The van der Waals surface area contributed by atoms with Crippen LogP contribution >= 0.6 is 0 Å². The Bertz CT molecular complexity index is 577. The van der Waals surface area contributed by atoms with Crippen LogP contribution in [0, 0.1) is 0 Å². The fourth-order valence-corrected chi connectivity index (χ4v) is 2.08. The Morgan fingerprint density at radius 1 is 1.15 bits per heavy atom. The van der Waals surface area contributed by atoms with Gasteiger partial charge >= 0.3 is 5.97 Å². The van der Waals surface area contributed by atoms with Gasteiger partial charge < -0.3 is 4.84 Å². The Balaban J connectivity index is 2.13. The molecule has 0 spiro atoms. The highest BCUT2D eigenvalue weighted by molar-refractivity contribution is 5.94. The molecular formula is C16H20N2O2. The average molecular weight is 272 g/mol. The third kappa shape index (κ3) is 3.54. The lowest BCUT2D eigenvalue weighted by Crippen LogP contribution is -2.29. The van der Waals surface area contributed by atoms with Crippen molar-refractivity contribution in [2.75, 3.05) is 13.1 Å². The molecule has 1 heterocycles. The maximum absolute atomic E-state index is 12.2. The molecule has 0 N–H and O–H groups in total. The van der Waals surface area contributed by atoms with Crippen LogP contribution in [0.5, 0.6) is 0 Å². The molecule has 2 rings (SSSR count). The zero-order chi connectivity index (χ0) is 14.4. The minimum Gasteiger partial charge on any atom is -0.364 e. The standard InChI is InChI=1S/C16H20N2O2/c1-3-9-18(10-4-2)20-16(19)14-6-5-13-7-8-17-12-15(13)11-14/h5-8,11-12H,3-4,9-10H2,1-2H3. The summed E-state index contributed by atoms with van der Waals surface area (Å²) in [5.74, 6) is -0.308. The molecule has 0 saturated carbocycles. The van der Waals surface area contributed by atoms with Gasteiger partial charge in [0.05, 0.1) is 5.56 Å². The van der Waals surface area contributed by atoms with E-state index in [2.05, 4.69) is 18.8 Å². The van der Waals surface area contributed by atoms with Crippen molar-refractivity contribution < 1.29 is 9.63 Å². The van der Waals surface area contributed by atoms with Crippen molar-refractivity contribution in [3.63, 3.8) is 0 Å². The highest BCUT2D eigenvalue weighted by atomic mass is 16.7. The third-order valence-corrected chi connectivity index (χ3v) is 3.03. The topological polar surface area (TPSA) is 42.4 Å². The molecule has 1 aromatic carbocycles. The zero-order valence-electron chi connectivity index (χ0n) is 12.0. The van der Waals surface area contributed by atoms with Crippen molar-refractivity contribution in [1.29, 1.82) is 0 Å². The van der Waals surface area contributed by atoms with Gasteiger partial charge in [-0.05, 0) is 36.4 Å². The maximum atomic E-state index is 12.2. The maximum Gasteiger partial charge on any atom is 0.357 e. The molecule has 4 nitrogen and oxygen atoms in total. The van der Waals surface area contributed by atoms with E-state index in [0.29, 0.717) is 5.56 Å². The molecule has 0 saturated heterocycles. The largest absolute Gasteiger partial charge is 0.364 e. The van der Waals surface area contributed by atoms with Crippen LogP contribution in [0.25, 0.3) is 10.8 Å². The first-order valence-corrected chi connectivity index (χ1v) is 7.05. The second-order valence-electron chi connectivity index (χ2n) is 4.75. The van der Waals surface area contributed by atoms with E-state index < -0.39 is 0 Å². The molecule has 0 aliphatic rings. The van der Waals surface area contributed by atoms with Crippen LogP contribution in [0.15, 0.2) is 36.7 Å². The molecule has 2 aromatic rings. The Morgan fingerprint density at radius 3 is 2.60 bits per heavy atom. The van der Waals surface area contributed by atoms with Crippen LogP contribution in [0.2, 0.25) is 0 Å². The van der Waals surface area contributed by atoms with Crippen LogP contribution in [0.1, 0.15) is 37.0 Å². The number of fused-ring (bicyclic) bond motifs is 1. The van der Waals surface area contributed by atoms with Crippen molar-refractivity contribution >= 4 is 16.7 Å². The molecule has 0 fully saturated rings. The molecule has 20 heavy (non-hydrogen) atoms. The molecule has 0 atom stereocenters. The predicted octanol–water partition coefficient (Wildman–Crippen LogP) is 3.43. The van der Waals surface area contributed by atoms with Crippen LogP contribution in [0.3, 0.4) is 0 Å². The van der Waals surface area contributed by atoms with Gasteiger partial charge in [0.1, 0.15) is 0 Å². The summed E-state index contributed by atoms with van der Waals surface area (Å²) in [6.07, 6.45) is 5.40. The first kappa shape index (κ1) is 14.5. The first-order valence-electron chi connectivity index (χ1n) is 7.05. The van der Waals surface area contributed by atoms with Crippen molar-refractivity contribution in [2.24, 2.45) is 0 Å². The minimum absolute atomic E-state index is 0.308. The van der Waals surface area contributed by atoms with Crippen LogP contribution in [0.4, 0.5) is 0 Å². The van der Waals surface area contributed by atoms with Crippen LogP contribution in [-0.4, -0.2) is 29.1 Å². The zero-order valence-corrected chi connectivity index (χ0v) is 12.0. The van der Waals surface area contributed by atoms with Gasteiger partial charge in [-0.15, -0.1) is 5.06 Å². The molecule has 0 radical (unpaired) electrons. The number of hydrogen-bond acceptors (Lipinski definition) is 4. The fraction of sp³-hybridized carbons (Fsp3) is 0.375. The predicted molar refractivity (Wildman–Crippen MR) is 79.3 cm³/mol. The third-order valence-electron chi connectivity index (χ3n) is 3.03. The summed E-state index contributed by atoms with van der Waals surface area (Å²) in [5, 5.41) is 3.74. The molecule has 0 amide bonds. The number of benzene rings is 1. The lowest BCUT2D eigenvalue weighted by Gasteiger charge is -2.19. The normalized spacial score (nSPS) is 10.9. The van der Waals surface area contributed by atoms with Gasteiger partial charge in [-0.3, -0.25) is 4.98 Å². The highest BCUT2D eigenvalue weighted by Crippen LogP contribution is 2.15. The number of hydrogen-bond donors (Lipinski definition) is 0. The van der Waals surface area contributed by atoms with E-state index in [1.54, 1.807) is 23.5 Å². The van der Waals surface area contributed by atoms with Crippen molar-refractivity contribution in [2.45, 2.75) is 26.7 Å². The Labute approximate surface area is 119 Å². The molecule has 1 aromatic heterocycles. The van der Waals surface area contributed by atoms with Gasteiger partial charge in [-0.2, -0.15) is 0 Å². The van der Waals surface area contributed by atoms with Gasteiger partial charge in [0.2, 0.25) is 0 Å². The van der Waals surface area contributed by atoms with Gasteiger partial charge in [-0.25, -0.2) is 4.79 Å². The van der Waals surface area contributed by atoms with Gasteiger partial charge in [0, 0.05) is 30.9 Å². The van der Waals surface area contributed by atoms with Gasteiger partial charge in [0.25, 0.3) is 0 Å². The molecule has 0 bridgehead atoms. The second-order valence-corrected chi connectivity index (χ2v) is 4.75. The van der Waals surface area contributed by atoms with Gasteiger partial charge in [0.15, 0.2) is 0 Å². The molecule has 0 aliphatic carbocycles. The van der Waals surface area contributed by atoms with E-state index in [1.165, 1.54) is 0 Å². The number of pyridine rings is 1. The monoisotopic (exact) mass is 272 g/mol. The number of rotatable bonds is 6. The summed E-state index contributed by atoms with van der Waals surface area (Å²) >= 11 is 0. The van der Waals surface area contributed by atoms with E-state index in [1.807, 2.05) is 18.2 Å². The van der Waals surface area contributed by atoms with Crippen LogP contribution in [-0.2, 0) is 4.84 Å². The molecule has 0 aliphatic heterocycles. The fourth-order valence-electron chi connectivity index (χ4n) is 2.08. The number of hydroxylamine groups is 2. The summed E-state index contributed by atoms with van der Waals surface area (Å²) in [6.45, 7) is 5.65. The Morgan fingerprint density at radius 2 is 1.90 bits per heavy atom. The van der Waals surface area contributed by atoms with Crippen molar-refractivity contribution in [1.82, 2.24) is 10.0 Å². The quantitative estimate of drug-likeness (QED) is 0.756. The first-order chi connectivity index (χ1) is 9.74. The SMILES string of the molecule is CCCN(CCC)OC(=O)c1ccc2ccncc2c1. The minimum atomic E-state index is -0.308. The Hall–Kier alpha value is -1.94. The number of aromatic nitrogens is 1. The van der Waals surface area contributed by atoms with Crippen molar-refractivity contribution in [3.05, 3.63) is 42.2 Å². The van der Waals surface area contributed by atoms with E-state index in [-0.39, 0.29) is 5.97 Å². The number of carbonyl (C=O) groups excluding carboxylic acids is 1. The second kappa shape index (κ2) is 7.01. The number of nitrogens with zero attached hydrogens (tertiary/aromatic N) is 2. The smallest absolute Gasteiger partial charge is 0.357 e. The molecule has 106 valence electrons. The lowest BCUT2D eigenvalue weighted by molar-refractivity contribution is -0.109. The van der Waals surface area contributed by atoms with E-state index in [9.17, 15) is 4.79 Å².